The van der Waals surface area contributed by atoms with Gasteiger partial charge in [0.25, 0.3) is 0 Å². The van der Waals surface area contributed by atoms with Crippen LogP contribution in [0.25, 0.3) is 0 Å². The molecule has 0 unspecified atom stereocenters. The monoisotopic (exact) mass is 262 g/mol. The number of nitrogens with two attached hydrogens (primary N) is 1. The average Bonchev–Trinajstić information content (AvgIpc) is 2.47. The quantitative estimate of drug-likeness (QED) is 0.856. The highest BCUT2D eigenvalue weighted by Crippen LogP contribution is 2.19. The molecule has 3 heteroatoms. The summed E-state index contributed by atoms with van der Waals surface area (Å²) in [5, 5.41) is 0. The van der Waals surface area contributed by atoms with Crippen LogP contribution in [0.4, 0.5) is 0 Å². The molecule has 0 bridgehead atoms. The first-order chi connectivity index (χ1) is 9.31. The highest BCUT2D eigenvalue weighted by atomic mass is 16.5. The third kappa shape index (κ3) is 4.51. The van der Waals surface area contributed by atoms with Gasteiger partial charge < -0.3 is 15.4 Å². The van der Waals surface area contributed by atoms with Gasteiger partial charge in [0.15, 0.2) is 0 Å². The van der Waals surface area contributed by atoms with Crippen LogP contribution >= 0.6 is 0 Å². The zero-order chi connectivity index (χ0) is 13.5. The van der Waals surface area contributed by atoms with E-state index >= 15 is 0 Å². The van der Waals surface area contributed by atoms with E-state index in [2.05, 4.69) is 36.1 Å². The van der Waals surface area contributed by atoms with Gasteiger partial charge in [-0.25, -0.2) is 0 Å². The van der Waals surface area contributed by atoms with E-state index in [1.807, 2.05) is 0 Å². The van der Waals surface area contributed by atoms with E-state index in [0.717, 1.165) is 57.6 Å². The summed E-state index contributed by atoms with van der Waals surface area (Å²) in [6.45, 7) is 6.46. The van der Waals surface area contributed by atoms with Gasteiger partial charge in [0.1, 0.15) is 11.9 Å². The van der Waals surface area contributed by atoms with Crippen LogP contribution in [-0.4, -0.2) is 37.2 Å². The van der Waals surface area contributed by atoms with Crippen molar-refractivity contribution in [3.8, 4) is 5.75 Å². The lowest BCUT2D eigenvalue weighted by Crippen LogP contribution is -2.37. The molecule has 1 saturated heterocycles. The van der Waals surface area contributed by atoms with Crippen molar-refractivity contribution in [3.63, 3.8) is 0 Å². The Kier molecular flexibility index (Phi) is 5.67. The number of hydrogen-bond acceptors (Lipinski definition) is 3. The molecule has 0 amide bonds. The summed E-state index contributed by atoms with van der Waals surface area (Å²) in [5.74, 6) is 1.01. The number of piperidine rings is 1. The Balaban J connectivity index is 1.79. The Morgan fingerprint density at radius 2 is 1.89 bits per heavy atom. The zero-order valence-electron chi connectivity index (χ0n) is 12.0. The molecule has 0 aliphatic carbocycles. The van der Waals surface area contributed by atoms with Crippen LogP contribution < -0.4 is 10.5 Å². The van der Waals surface area contributed by atoms with Crippen molar-refractivity contribution in [2.75, 3.05) is 26.2 Å². The second kappa shape index (κ2) is 7.51. The van der Waals surface area contributed by atoms with E-state index in [1.165, 1.54) is 5.56 Å². The number of rotatable bonds is 6. The summed E-state index contributed by atoms with van der Waals surface area (Å²) in [6.07, 6.45) is 4.78. The normalized spacial score (nSPS) is 17.6. The second-order valence-corrected chi connectivity index (χ2v) is 5.29. The first kappa shape index (κ1) is 14.4. The van der Waals surface area contributed by atoms with Gasteiger partial charge in [-0.1, -0.05) is 19.1 Å². The smallest absolute Gasteiger partial charge is 0.119 e. The predicted molar refractivity (Wildman–Crippen MR) is 79.6 cm³/mol. The molecule has 0 spiro atoms. The minimum Gasteiger partial charge on any atom is -0.490 e. The first-order valence-corrected chi connectivity index (χ1v) is 7.50. The lowest BCUT2D eigenvalue weighted by Gasteiger charge is -2.31. The van der Waals surface area contributed by atoms with E-state index in [9.17, 15) is 0 Å². The topological polar surface area (TPSA) is 38.5 Å². The molecule has 2 rings (SSSR count). The van der Waals surface area contributed by atoms with Crippen LogP contribution in [0.1, 0.15) is 31.7 Å². The molecular formula is C16H26N2O. The fourth-order valence-corrected chi connectivity index (χ4v) is 2.58. The van der Waals surface area contributed by atoms with Gasteiger partial charge in [-0.2, -0.15) is 0 Å². The predicted octanol–water partition coefficient (Wildman–Crippen LogP) is 2.44. The molecule has 0 saturated carbocycles. The van der Waals surface area contributed by atoms with Crippen molar-refractivity contribution in [1.82, 2.24) is 4.90 Å². The third-order valence-electron chi connectivity index (χ3n) is 3.88. The molecule has 1 aromatic rings. The summed E-state index contributed by atoms with van der Waals surface area (Å²) >= 11 is 0. The van der Waals surface area contributed by atoms with Crippen molar-refractivity contribution in [2.24, 2.45) is 5.73 Å². The van der Waals surface area contributed by atoms with Crippen LogP contribution in [0.5, 0.6) is 5.75 Å². The number of aryl methyl sites for hydroxylation is 1. The van der Waals surface area contributed by atoms with Crippen LogP contribution in [-0.2, 0) is 6.42 Å². The van der Waals surface area contributed by atoms with Crippen LogP contribution in [0, 0.1) is 0 Å². The largest absolute Gasteiger partial charge is 0.490 e. The number of ether oxygens (including phenoxy) is 1. The Labute approximate surface area is 116 Å². The minimum absolute atomic E-state index is 0.387. The van der Waals surface area contributed by atoms with Crippen molar-refractivity contribution in [2.45, 2.75) is 38.7 Å². The van der Waals surface area contributed by atoms with E-state index in [-0.39, 0.29) is 0 Å². The summed E-state index contributed by atoms with van der Waals surface area (Å²) in [6, 6.07) is 8.51. The van der Waals surface area contributed by atoms with E-state index in [1.54, 1.807) is 0 Å². The lowest BCUT2D eigenvalue weighted by molar-refractivity contribution is 0.104. The lowest BCUT2D eigenvalue weighted by atomic mass is 10.1. The Morgan fingerprint density at radius 3 is 2.47 bits per heavy atom. The highest BCUT2D eigenvalue weighted by Gasteiger charge is 2.19. The zero-order valence-corrected chi connectivity index (χ0v) is 12.0. The molecule has 1 aliphatic rings. The maximum absolute atomic E-state index is 6.06. The third-order valence-corrected chi connectivity index (χ3v) is 3.88. The van der Waals surface area contributed by atoms with Gasteiger partial charge in [-0.3, -0.25) is 0 Å². The molecule has 1 fully saturated rings. The Bertz CT molecular complexity index is 356. The molecule has 2 N–H and O–H groups in total. The highest BCUT2D eigenvalue weighted by molar-refractivity contribution is 5.27. The molecule has 106 valence electrons. The first-order valence-electron chi connectivity index (χ1n) is 7.50. The molecule has 1 aliphatic heterocycles. The van der Waals surface area contributed by atoms with Gasteiger partial charge in [-0.15, -0.1) is 0 Å². The standard InChI is InChI=1S/C16H26N2O/c1-2-18-12-9-16(10-13-18)19-15-7-5-14(6-8-15)4-3-11-17/h5-8,16H,2-4,9-13,17H2,1H3. The summed E-state index contributed by atoms with van der Waals surface area (Å²) in [7, 11) is 0. The van der Waals surface area contributed by atoms with E-state index in [4.69, 9.17) is 10.5 Å². The minimum atomic E-state index is 0.387. The maximum Gasteiger partial charge on any atom is 0.119 e. The van der Waals surface area contributed by atoms with Crippen molar-refractivity contribution in [3.05, 3.63) is 29.8 Å². The molecule has 0 aromatic heterocycles. The molecule has 19 heavy (non-hydrogen) atoms. The molecule has 1 heterocycles. The Hall–Kier alpha value is -1.06. The Morgan fingerprint density at radius 1 is 1.21 bits per heavy atom. The van der Waals surface area contributed by atoms with E-state index in [0.29, 0.717) is 6.10 Å². The number of hydrogen-bond donors (Lipinski definition) is 1. The van der Waals surface area contributed by atoms with Crippen LogP contribution in [0.3, 0.4) is 0 Å². The fourth-order valence-electron chi connectivity index (χ4n) is 2.58. The average molecular weight is 262 g/mol. The molecule has 3 nitrogen and oxygen atoms in total. The second-order valence-electron chi connectivity index (χ2n) is 5.29. The van der Waals surface area contributed by atoms with E-state index < -0.39 is 0 Å². The van der Waals surface area contributed by atoms with Gasteiger partial charge >= 0.3 is 0 Å². The van der Waals surface area contributed by atoms with Crippen molar-refractivity contribution < 1.29 is 4.74 Å². The maximum atomic E-state index is 6.06. The van der Waals surface area contributed by atoms with Gasteiger partial charge in [0.05, 0.1) is 0 Å². The molecule has 1 aromatic carbocycles. The molecule has 0 atom stereocenters. The number of nitrogens with zero attached hydrogens (tertiary/aromatic N) is 1. The SMILES string of the molecule is CCN1CCC(Oc2ccc(CCCN)cc2)CC1. The number of likely N-dealkylation sites (tertiary alicyclic amines) is 1. The van der Waals surface area contributed by atoms with Crippen molar-refractivity contribution in [1.29, 1.82) is 0 Å². The van der Waals surface area contributed by atoms with Crippen LogP contribution in [0.15, 0.2) is 24.3 Å². The van der Waals surface area contributed by atoms with Gasteiger partial charge in [0.2, 0.25) is 0 Å². The summed E-state index contributed by atoms with van der Waals surface area (Å²) in [4.78, 5) is 2.48. The summed E-state index contributed by atoms with van der Waals surface area (Å²) in [5.41, 5.74) is 6.87. The van der Waals surface area contributed by atoms with Gasteiger partial charge in [-0.05, 0) is 56.5 Å². The molecule has 0 radical (unpaired) electrons. The van der Waals surface area contributed by atoms with Crippen molar-refractivity contribution >= 4 is 0 Å². The summed E-state index contributed by atoms with van der Waals surface area (Å²) < 4.78 is 6.06. The van der Waals surface area contributed by atoms with Gasteiger partial charge in [0, 0.05) is 13.1 Å². The fraction of sp³-hybridized carbons (Fsp3) is 0.625. The van der Waals surface area contributed by atoms with Crippen LogP contribution in [0.2, 0.25) is 0 Å². The number of benzene rings is 1. The molecular weight excluding hydrogens is 236 g/mol.